The van der Waals surface area contributed by atoms with Crippen molar-refractivity contribution in [2.45, 2.75) is 31.5 Å². The van der Waals surface area contributed by atoms with E-state index in [0.29, 0.717) is 16.7 Å². The second-order valence-corrected chi connectivity index (χ2v) is 6.33. The molecule has 2 atom stereocenters. The van der Waals surface area contributed by atoms with Gasteiger partial charge in [-0.1, -0.05) is 48.8 Å². The van der Waals surface area contributed by atoms with Crippen LogP contribution >= 0.6 is 38.5 Å². The molecule has 0 N–H and O–H groups in total. The van der Waals surface area contributed by atoms with E-state index in [2.05, 4.69) is 83.6 Å². The van der Waals surface area contributed by atoms with Crippen LogP contribution in [0, 0.1) is 9.49 Å². The first kappa shape index (κ1) is 12.5. The minimum absolute atomic E-state index is 0.558. The molecule has 1 aromatic rings. The highest BCUT2D eigenvalue weighted by Gasteiger charge is 2.18. The molecule has 0 aliphatic carbocycles. The largest absolute Gasteiger partial charge is 0.0881 e. The molecule has 0 fully saturated rings. The molecule has 0 nitrogen and oxygen atoms in total. The van der Waals surface area contributed by atoms with E-state index in [1.54, 1.807) is 0 Å². The fourth-order valence-corrected chi connectivity index (χ4v) is 2.19. The SMILES string of the molecule is CC(C)C(Br)C(C)c1ccc(I)cc1. The molecule has 0 amide bonds. The fourth-order valence-electron chi connectivity index (χ4n) is 1.53. The summed E-state index contributed by atoms with van der Waals surface area (Å²) in [5.74, 6) is 1.25. The predicted molar refractivity (Wildman–Crippen MR) is 75.1 cm³/mol. The molecule has 0 saturated heterocycles. The van der Waals surface area contributed by atoms with Crippen molar-refractivity contribution in [1.29, 1.82) is 0 Å². The molecule has 1 rings (SSSR count). The average Bonchev–Trinajstić information content (AvgIpc) is 2.16. The highest BCUT2D eigenvalue weighted by atomic mass is 127. The van der Waals surface area contributed by atoms with Gasteiger partial charge in [0.15, 0.2) is 0 Å². The van der Waals surface area contributed by atoms with Crippen LogP contribution < -0.4 is 0 Å². The summed E-state index contributed by atoms with van der Waals surface area (Å²) in [6, 6.07) is 8.80. The summed E-state index contributed by atoms with van der Waals surface area (Å²) in [6.07, 6.45) is 0. The van der Waals surface area contributed by atoms with Crippen molar-refractivity contribution >= 4 is 38.5 Å². The van der Waals surface area contributed by atoms with E-state index >= 15 is 0 Å². The monoisotopic (exact) mass is 366 g/mol. The molecule has 2 unspecified atom stereocenters. The van der Waals surface area contributed by atoms with E-state index in [9.17, 15) is 0 Å². The van der Waals surface area contributed by atoms with E-state index in [4.69, 9.17) is 0 Å². The van der Waals surface area contributed by atoms with Gasteiger partial charge in [-0.2, -0.15) is 0 Å². The van der Waals surface area contributed by atoms with Crippen molar-refractivity contribution in [3.8, 4) is 0 Å². The Bertz CT molecular complexity index is 279. The minimum Gasteiger partial charge on any atom is -0.0881 e. The van der Waals surface area contributed by atoms with Gasteiger partial charge in [0, 0.05) is 8.40 Å². The maximum absolute atomic E-state index is 3.76. The molecule has 2 heteroatoms. The number of rotatable bonds is 3. The van der Waals surface area contributed by atoms with E-state index in [1.807, 2.05) is 0 Å². The van der Waals surface area contributed by atoms with E-state index in [0.717, 1.165) is 0 Å². The van der Waals surface area contributed by atoms with E-state index in [1.165, 1.54) is 9.13 Å². The molecule has 0 aliphatic rings. The zero-order valence-corrected chi connectivity index (χ0v) is 12.5. The summed E-state index contributed by atoms with van der Waals surface area (Å²) in [5.41, 5.74) is 1.42. The van der Waals surface area contributed by atoms with Crippen LogP contribution in [0.1, 0.15) is 32.3 Å². The molecular formula is C12H16BrI. The van der Waals surface area contributed by atoms with Crippen LogP contribution in [0.15, 0.2) is 24.3 Å². The third-order valence-electron chi connectivity index (χ3n) is 2.51. The van der Waals surface area contributed by atoms with Crippen molar-refractivity contribution in [2.75, 3.05) is 0 Å². The number of hydrogen-bond acceptors (Lipinski definition) is 0. The van der Waals surface area contributed by atoms with Crippen molar-refractivity contribution in [3.63, 3.8) is 0 Å². The van der Waals surface area contributed by atoms with Gasteiger partial charge in [-0.15, -0.1) is 0 Å². The van der Waals surface area contributed by atoms with Gasteiger partial charge in [0.2, 0.25) is 0 Å². The van der Waals surface area contributed by atoms with Crippen LogP contribution in [0.2, 0.25) is 0 Å². The van der Waals surface area contributed by atoms with Crippen molar-refractivity contribution in [1.82, 2.24) is 0 Å². The lowest BCUT2D eigenvalue weighted by molar-refractivity contribution is 0.550. The Hall–Kier alpha value is 0.430. The lowest BCUT2D eigenvalue weighted by atomic mass is 9.92. The second-order valence-electron chi connectivity index (χ2n) is 4.03. The molecular weight excluding hydrogens is 351 g/mol. The van der Waals surface area contributed by atoms with Crippen molar-refractivity contribution in [3.05, 3.63) is 33.4 Å². The Labute approximate surface area is 109 Å². The third kappa shape index (κ3) is 3.23. The quantitative estimate of drug-likeness (QED) is 0.531. The fraction of sp³-hybridized carbons (Fsp3) is 0.500. The molecule has 0 bridgehead atoms. The Kier molecular flexibility index (Phi) is 4.91. The summed E-state index contributed by atoms with van der Waals surface area (Å²) >= 11 is 6.10. The highest BCUT2D eigenvalue weighted by molar-refractivity contribution is 14.1. The van der Waals surface area contributed by atoms with Gasteiger partial charge >= 0.3 is 0 Å². The van der Waals surface area contributed by atoms with Crippen LogP contribution in [0.25, 0.3) is 0 Å². The van der Waals surface area contributed by atoms with Gasteiger partial charge < -0.3 is 0 Å². The normalized spacial score (nSPS) is 15.6. The number of halogens is 2. The van der Waals surface area contributed by atoms with Crippen LogP contribution in [0.3, 0.4) is 0 Å². The van der Waals surface area contributed by atoms with Crippen molar-refractivity contribution < 1.29 is 0 Å². The molecule has 14 heavy (non-hydrogen) atoms. The Morgan fingerprint density at radius 1 is 1.07 bits per heavy atom. The molecule has 0 heterocycles. The first-order valence-corrected chi connectivity index (χ1v) is 6.91. The van der Waals surface area contributed by atoms with Crippen LogP contribution in [0.5, 0.6) is 0 Å². The second kappa shape index (κ2) is 5.50. The molecule has 0 radical (unpaired) electrons. The molecule has 0 spiro atoms. The summed E-state index contributed by atoms with van der Waals surface area (Å²) in [5, 5.41) is 0. The third-order valence-corrected chi connectivity index (χ3v) is 5.08. The predicted octanol–water partition coefficient (Wildman–Crippen LogP) is 4.81. The standard InChI is InChI=1S/C12H16BrI/c1-8(2)12(13)9(3)10-4-6-11(14)7-5-10/h4-9,12H,1-3H3. The number of benzene rings is 1. The molecule has 0 aliphatic heterocycles. The maximum atomic E-state index is 3.76. The minimum atomic E-state index is 0.558. The topological polar surface area (TPSA) is 0 Å². The maximum Gasteiger partial charge on any atom is 0.0234 e. The summed E-state index contributed by atoms with van der Waals surface area (Å²) in [7, 11) is 0. The molecule has 78 valence electrons. The smallest absolute Gasteiger partial charge is 0.0234 e. The molecule has 1 aromatic carbocycles. The van der Waals surface area contributed by atoms with E-state index in [-0.39, 0.29) is 0 Å². The summed E-state index contributed by atoms with van der Waals surface area (Å²) in [6.45, 7) is 6.78. The van der Waals surface area contributed by atoms with Gasteiger partial charge in [0.25, 0.3) is 0 Å². The summed E-state index contributed by atoms with van der Waals surface area (Å²) in [4.78, 5) is 0.558. The lowest BCUT2D eigenvalue weighted by Gasteiger charge is -2.22. The van der Waals surface area contributed by atoms with Crippen LogP contribution in [0.4, 0.5) is 0 Å². The number of hydrogen-bond donors (Lipinski definition) is 0. The van der Waals surface area contributed by atoms with E-state index < -0.39 is 0 Å². The van der Waals surface area contributed by atoms with Gasteiger partial charge in [-0.3, -0.25) is 0 Å². The number of alkyl halides is 1. The average molecular weight is 367 g/mol. The first-order valence-electron chi connectivity index (χ1n) is 4.92. The lowest BCUT2D eigenvalue weighted by Crippen LogP contribution is -2.15. The first-order chi connectivity index (χ1) is 6.52. The van der Waals surface area contributed by atoms with Gasteiger partial charge in [0.1, 0.15) is 0 Å². The molecule has 0 aromatic heterocycles. The highest BCUT2D eigenvalue weighted by Crippen LogP contribution is 2.29. The van der Waals surface area contributed by atoms with Crippen molar-refractivity contribution in [2.24, 2.45) is 5.92 Å². The zero-order chi connectivity index (χ0) is 10.7. The van der Waals surface area contributed by atoms with Gasteiger partial charge in [-0.25, -0.2) is 0 Å². The van der Waals surface area contributed by atoms with Gasteiger partial charge in [0.05, 0.1) is 0 Å². The molecule has 0 saturated carbocycles. The Morgan fingerprint density at radius 2 is 1.57 bits per heavy atom. The Balaban J connectivity index is 2.78. The summed E-state index contributed by atoms with van der Waals surface area (Å²) < 4.78 is 1.30. The van der Waals surface area contributed by atoms with Crippen LogP contribution in [-0.2, 0) is 0 Å². The Morgan fingerprint density at radius 3 is 2.00 bits per heavy atom. The zero-order valence-electron chi connectivity index (χ0n) is 8.80. The van der Waals surface area contributed by atoms with Crippen LogP contribution in [-0.4, -0.2) is 4.83 Å². The van der Waals surface area contributed by atoms with Gasteiger partial charge in [-0.05, 0) is 52.1 Å².